The number of methoxy groups -OCH3 is 1. The predicted octanol–water partition coefficient (Wildman–Crippen LogP) is 3.55. The van der Waals surface area contributed by atoms with Crippen LogP contribution in [0, 0.1) is 0 Å². The third-order valence-electron chi connectivity index (χ3n) is 3.52. The fourth-order valence-electron chi connectivity index (χ4n) is 2.26. The number of hydrogen-bond acceptors (Lipinski definition) is 2. The average Bonchev–Trinajstić information content (AvgIpc) is 2.67. The summed E-state index contributed by atoms with van der Waals surface area (Å²) in [5.41, 5.74) is 4.24. The molecule has 1 aromatic rings. The molecule has 0 aromatic heterocycles. The molecule has 1 aliphatic carbocycles. The predicted molar refractivity (Wildman–Crippen MR) is 72.6 cm³/mol. The topological polar surface area (TPSA) is 26.3 Å². The van der Waals surface area contributed by atoms with Crippen molar-refractivity contribution < 1.29 is 9.53 Å². The van der Waals surface area contributed by atoms with E-state index in [2.05, 4.69) is 19.9 Å². The van der Waals surface area contributed by atoms with Crippen LogP contribution in [-0.2, 0) is 4.74 Å². The highest BCUT2D eigenvalue weighted by atomic mass is 16.5. The summed E-state index contributed by atoms with van der Waals surface area (Å²) in [6, 6.07) is 9.41. The van der Waals surface area contributed by atoms with E-state index in [1.807, 2.05) is 30.3 Å². The fraction of sp³-hybridized carbons (Fsp3) is 0.312. The highest BCUT2D eigenvalue weighted by Crippen LogP contribution is 2.30. The molecule has 1 unspecified atom stereocenters. The van der Waals surface area contributed by atoms with E-state index in [4.69, 9.17) is 4.74 Å². The zero-order valence-corrected chi connectivity index (χ0v) is 11.1. The van der Waals surface area contributed by atoms with E-state index in [1.54, 1.807) is 7.11 Å². The van der Waals surface area contributed by atoms with Crippen LogP contribution < -0.4 is 0 Å². The van der Waals surface area contributed by atoms with E-state index in [9.17, 15) is 4.79 Å². The zero-order valence-electron chi connectivity index (χ0n) is 11.1. The van der Waals surface area contributed by atoms with Crippen molar-refractivity contribution in [1.29, 1.82) is 0 Å². The summed E-state index contributed by atoms with van der Waals surface area (Å²) in [4.78, 5) is 12.2. The van der Waals surface area contributed by atoms with E-state index in [0.717, 1.165) is 11.1 Å². The molecule has 1 aromatic carbocycles. The first-order valence-corrected chi connectivity index (χ1v) is 6.13. The lowest BCUT2D eigenvalue weighted by Crippen LogP contribution is -2.12. The molecule has 0 radical (unpaired) electrons. The van der Waals surface area contributed by atoms with Gasteiger partial charge in [-0.25, -0.2) is 0 Å². The van der Waals surface area contributed by atoms with Crippen LogP contribution in [0.5, 0.6) is 0 Å². The molecule has 0 spiro atoms. The van der Waals surface area contributed by atoms with Gasteiger partial charge in [-0.15, -0.1) is 0 Å². The van der Waals surface area contributed by atoms with Crippen molar-refractivity contribution in [1.82, 2.24) is 0 Å². The fourth-order valence-corrected chi connectivity index (χ4v) is 2.26. The molecule has 0 amide bonds. The highest BCUT2D eigenvalue weighted by Gasteiger charge is 2.23. The van der Waals surface area contributed by atoms with Gasteiger partial charge in [0.05, 0.1) is 6.10 Å². The highest BCUT2D eigenvalue weighted by molar-refractivity contribution is 5.97. The summed E-state index contributed by atoms with van der Waals surface area (Å²) in [5.74, 6) is 0.148. The van der Waals surface area contributed by atoms with E-state index in [1.165, 1.54) is 11.1 Å². The zero-order chi connectivity index (χ0) is 13.1. The summed E-state index contributed by atoms with van der Waals surface area (Å²) in [5, 5.41) is 0. The molecule has 2 heteroatoms. The molecule has 2 rings (SSSR count). The number of ether oxygens (including phenoxy) is 1. The van der Waals surface area contributed by atoms with Gasteiger partial charge in [0.1, 0.15) is 0 Å². The first kappa shape index (κ1) is 12.8. The van der Waals surface area contributed by atoms with Crippen LogP contribution in [0.15, 0.2) is 53.1 Å². The Morgan fingerprint density at radius 2 is 1.89 bits per heavy atom. The second-order valence-electron chi connectivity index (χ2n) is 4.62. The minimum Gasteiger partial charge on any atom is -0.373 e. The van der Waals surface area contributed by atoms with Crippen LogP contribution in [0.1, 0.15) is 30.6 Å². The number of carbonyl (C=O) groups is 1. The number of hydrogen-bond donors (Lipinski definition) is 0. The molecule has 0 fully saturated rings. The third kappa shape index (κ3) is 2.44. The molecule has 0 heterocycles. The summed E-state index contributed by atoms with van der Waals surface area (Å²) < 4.78 is 5.41. The van der Waals surface area contributed by atoms with Gasteiger partial charge >= 0.3 is 0 Å². The van der Waals surface area contributed by atoms with E-state index in [0.29, 0.717) is 6.42 Å². The molecular weight excluding hydrogens is 224 g/mol. The Kier molecular flexibility index (Phi) is 3.78. The summed E-state index contributed by atoms with van der Waals surface area (Å²) in [6.07, 6.45) is 2.46. The van der Waals surface area contributed by atoms with Gasteiger partial charge in [-0.2, -0.15) is 0 Å². The van der Waals surface area contributed by atoms with Crippen molar-refractivity contribution in [2.75, 3.05) is 7.11 Å². The Balaban J connectivity index is 2.18. The Labute approximate surface area is 108 Å². The lowest BCUT2D eigenvalue weighted by atomic mass is 9.98. The molecule has 1 atom stereocenters. The number of ketones is 1. The smallest absolute Gasteiger partial charge is 0.167 e. The van der Waals surface area contributed by atoms with Crippen LogP contribution in [-0.4, -0.2) is 19.0 Å². The molecule has 2 nitrogen and oxygen atoms in total. The van der Waals surface area contributed by atoms with Crippen LogP contribution in [0.2, 0.25) is 0 Å². The number of benzene rings is 1. The molecule has 0 saturated carbocycles. The molecule has 0 bridgehead atoms. The monoisotopic (exact) mass is 242 g/mol. The summed E-state index contributed by atoms with van der Waals surface area (Å²) in [7, 11) is 1.68. The normalized spacial score (nSPS) is 19.1. The number of allylic oxidation sites excluding steroid dienone is 2. The largest absolute Gasteiger partial charge is 0.373 e. The maximum atomic E-state index is 12.2. The quantitative estimate of drug-likeness (QED) is 0.755. The van der Waals surface area contributed by atoms with Gasteiger partial charge in [0.25, 0.3) is 0 Å². The van der Waals surface area contributed by atoms with Crippen molar-refractivity contribution in [3.63, 3.8) is 0 Å². The Morgan fingerprint density at radius 1 is 1.22 bits per heavy atom. The van der Waals surface area contributed by atoms with Crippen LogP contribution in [0.4, 0.5) is 0 Å². The molecular formula is C16H18O2. The molecule has 1 aliphatic rings. The average molecular weight is 242 g/mol. The van der Waals surface area contributed by atoms with E-state index < -0.39 is 0 Å². The second-order valence-corrected chi connectivity index (χ2v) is 4.62. The van der Waals surface area contributed by atoms with Crippen LogP contribution in [0.25, 0.3) is 0 Å². The van der Waals surface area contributed by atoms with Gasteiger partial charge in [0, 0.05) is 19.1 Å². The van der Waals surface area contributed by atoms with Gasteiger partial charge in [-0.1, -0.05) is 30.3 Å². The summed E-state index contributed by atoms with van der Waals surface area (Å²) in [6.45, 7) is 4.11. The van der Waals surface area contributed by atoms with Gasteiger partial charge in [0.2, 0.25) is 0 Å². The maximum Gasteiger partial charge on any atom is 0.167 e. The Morgan fingerprint density at radius 3 is 2.50 bits per heavy atom. The maximum absolute atomic E-state index is 12.2. The van der Waals surface area contributed by atoms with Crippen LogP contribution >= 0.6 is 0 Å². The molecule has 0 aliphatic heterocycles. The van der Waals surface area contributed by atoms with E-state index in [-0.39, 0.29) is 11.9 Å². The van der Waals surface area contributed by atoms with Crippen molar-refractivity contribution >= 4 is 5.78 Å². The first-order valence-electron chi connectivity index (χ1n) is 6.13. The number of Topliss-reactive ketones (excluding diaryl/α,β-unsaturated/α-hetero) is 1. The van der Waals surface area contributed by atoms with Crippen molar-refractivity contribution in [2.45, 2.75) is 26.4 Å². The minimum absolute atomic E-state index is 0.0438. The molecule has 94 valence electrons. The van der Waals surface area contributed by atoms with Crippen molar-refractivity contribution in [2.24, 2.45) is 0 Å². The van der Waals surface area contributed by atoms with Gasteiger partial charge < -0.3 is 4.74 Å². The molecule has 18 heavy (non-hydrogen) atoms. The van der Waals surface area contributed by atoms with Gasteiger partial charge in [-0.05, 0) is 36.6 Å². The van der Waals surface area contributed by atoms with Crippen LogP contribution in [0.3, 0.4) is 0 Å². The third-order valence-corrected chi connectivity index (χ3v) is 3.52. The lowest BCUT2D eigenvalue weighted by Gasteiger charge is -2.12. The number of rotatable bonds is 4. The van der Waals surface area contributed by atoms with Crippen molar-refractivity contribution in [3.05, 3.63) is 58.7 Å². The van der Waals surface area contributed by atoms with Gasteiger partial charge in [0.15, 0.2) is 5.78 Å². The molecule has 0 N–H and O–H groups in total. The lowest BCUT2D eigenvalue weighted by molar-refractivity contribution is 0.0977. The Bertz CT molecular complexity index is 509. The minimum atomic E-state index is -0.0438. The summed E-state index contributed by atoms with van der Waals surface area (Å²) >= 11 is 0. The van der Waals surface area contributed by atoms with E-state index >= 15 is 0 Å². The number of carbonyl (C=O) groups excluding carboxylic acids is 1. The van der Waals surface area contributed by atoms with Crippen molar-refractivity contribution in [3.8, 4) is 0 Å². The first-order chi connectivity index (χ1) is 8.63. The SMILES string of the molecule is COC1C=C(C)C(C)=C1CC(=O)c1ccccc1. The van der Waals surface area contributed by atoms with Gasteiger partial charge in [-0.3, -0.25) is 4.79 Å². The standard InChI is InChI=1S/C16H18O2/c1-11-9-16(18-3)14(12(11)2)10-15(17)13-7-5-4-6-8-13/h4-9,16H,10H2,1-3H3. The Hall–Kier alpha value is -1.67. The second kappa shape index (κ2) is 5.32. The molecule has 0 saturated heterocycles.